The molecular weight excluding hydrogens is 241 g/mol. The Morgan fingerprint density at radius 3 is 2.62 bits per heavy atom. The fourth-order valence-corrected chi connectivity index (χ4v) is 2.44. The van der Waals surface area contributed by atoms with Gasteiger partial charge in [-0.15, -0.1) is 0 Å². The number of phosphoric ester groups is 1. The molecular formula is C9H9F2O4P. The molecule has 1 fully saturated rings. The number of rotatable bonds is 2. The van der Waals surface area contributed by atoms with E-state index in [4.69, 9.17) is 13.6 Å². The molecule has 0 atom stereocenters. The highest BCUT2D eigenvalue weighted by Gasteiger charge is 2.32. The molecule has 0 aliphatic carbocycles. The number of hydrogen-bond donors (Lipinski definition) is 0. The fourth-order valence-electron chi connectivity index (χ4n) is 1.17. The van der Waals surface area contributed by atoms with Gasteiger partial charge in [0.25, 0.3) is 0 Å². The Balaban J connectivity index is 2.19. The van der Waals surface area contributed by atoms with Crippen molar-refractivity contribution in [2.45, 2.75) is 6.42 Å². The summed E-state index contributed by atoms with van der Waals surface area (Å²) in [6, 6.07) is 2.60. The van der Waals surface area contributed by atoms with Crippen molar-refractivity contribution in [3.63, 3.8) is 0 Å². The molecule has 0 N–H and O–H groups in total. The van der Waals surface area contributed by atoms with Crippen LogP contribution >= 0.6 is 7.82 Å². The van der Waals surface area contributed by atoms with Gasteiger partial charge in [0.2, 0.25) is 0 Å². The van der Waals surface area contributed by atoms with Crippen molar-refractivity contribution in [1.82, 2.24) is 0 Å². The first-order valence-corrected chi connectivity index (χ1v) is 6.09. The number of phosphoric acid groups is 1. The van der Waals surface area contributed by atoms with Crippen LogP contribution in [0.2, 0.25) is 0 Å². The van der Waals surface area contributed by atoms with Crippen molar-refractivity contribution in [3.8, 4) is 5.75 Å². The maximum Gasteiger partial charge on any atom is 0.530 e. The summed E-state index contributed by atoms with van der Waals surface area (Å²) in [5, 5.41) is 0. The third-order valence-corrected chi connectivity index (χ3v) is 3.31. The van der Waals surface area contributed by atoms with E-state index in [9.17, 15) is 13.3 Å². The molecule has 0 spiro atoms. The molecule has 88 valence electrons. The minimum atomic E-state index is -3.79. The summed E-state index contributed by atoms with van der Waals surface area (Å²) in [5.74, 6) is -2.00. The second-order valence-corrected chi connectivity index (χ2v) is 4.73. The van der Waals surface area contributed by atoms with Gasteiger partial charge in [-0.3, -0.25) is 9.05 Å². The lowest BCUT2D eigenvalue weighted by molar-refractivity contribution is 0.105. The summed E-state index contributed by atoms with van der Waals surface area (Å²) in [6.07, 6.45) is 0.582. The van der Waals surface area contributed by atoms with E-state index < -0.39 is 25.2 Å². The van der Waals surface area contributed by atoms with Crippen LogP contribution in [-0.2, 0) is 13.6 Å². The van der Waals surface area contributed by atoms with E-state index in [1.807, 2.05) is 0 Å². The highest BCUT2D eigenvalue weighted by atomic mass is 31.2. The largest absolute Gasteiger partial charge is 0.530 e. The molecule has 7 heteroatoms. The second-order valence-electron chi connectivity index (χ2n) is 3.13. The molecule has 16 heavy (non-hydrogen) atoms. The third-order valence-electron chi connectivity index (χ3n) is 1.89. The molecule has 1 aliphatic rings. The third kappa shape index (κ3) is 2.58. The van der Waals surface area contributed by atoms with E-state index in [1.54, 1.807) is 0 Å². The molecule has 1 heterocycles. The van der Waals surface area contributed by atoms with E-state index in [2.05, 4.69) is 0 Å². The van der Waals surface area contributed by atoms with Gasteiger partial charge < -0.3 is 4.52 Å². The van der Waals surface area contributed by atoms with Gasteiger partial charge in [0.05, 0.1) is 13.2 Å². The predicted octanol–water partition coefficient (Wildman–Crippen LogP) is 2.89. The molecule has 0 unspecified atom stereocenters. The average molecular weight is 250 g/mol. The highest BCUT2D eigenvalue weighted by Crippen LogP contribution is 2.51. The maximum atomic E-state index is 13.2. The Bertz CT molecular complexity index is 428. The van der Waals surface area contributed by atoms with Gasteiger partial charge in [-0.25, -0.2) is 13.3 Å². The zero-order valence-corrected chi connectivity index (χ0v) is 9.08. The van der Waals surface area contributed by atoms with Crippen molar-refractivity contribution in [2.75, 3.05) is 13.2 Å². The number of hydrogen-bond acceptors (Lipinski definition) is 4. The van der Waals surface area contributed by atoms with E-state index in [0.29, 0.717) is 6.42 Å². The molecule has 0 radical (unpaired) electrons. The van der Waals surface area contributed by atoms with Crippen LogP contribution in [0.25, 0.3) is 0 Å². The fraction of sp³-hybridized carbons (Fsp3) is 0.333. The summed E-state index contributed by atoms with van der Waals surface area (Å²) in [4.78, 5) is 0. The number of halogens is 2. The van der Waals surface area contributed by atoms with Crippen molar-refractivity contribution in [1.29, 1.82) is 0 Å². The topological polar surface area (TPSA) is 44.8 Å². The van der Waals surface area contributed by atoms with Crippen LogP contribution in [0.15, 0.2) is 18.2 Å². The van der Waals surface area contributed by atoms with E-state index in [-0.39, 0.29) is 13.2 Å². The predicted molar refractivity (Wildman–Crippen MR) is 51.1 cm³/mol. The maximum absolute atomic E-state index is 13.2. The Labute approximate surface area is 90.7 Å². The van der Waals surface area contributed by atoms with Gasteiger partial charge in [-0.05, 0) is 18.6 Å². The zero-order chi connectivity index (χ0) is 11.6. The zero-order valence-electron chi connectivity index (χ0n) is 8.19. The first-order valence-electron chi connectivity index (χ1n) is 4.63. The highest BCUT2D eigenvalue weighted by molar-refractivity contribution is 7.49. The summed E-state index contributed by atoms with van der Waals surface area (Å²) in [5.41, 5.74) is 0. The summed E-state index contributed by atoms with van der Waals surface area (Å²) >= 11 is 0. The Morgan fingerprint density at radius 2 is 1.94 bits per heavy atom. The normalized spacial score (nSPS) is 19.4. The summed E-state index contributed by atoms with van der Waals surface area (Å²) in [6.45, 7) is 0.405. The quantitative estimate of drug-likeness (QED) is 0.757. The monoisotopic (exact) mass is 250 g/mol. The van der Waals surface area contributed by atoms with Crippen LogP contribution in [0.5, 0.6) is 5.75 Å². The SMILES string of the molecule is O=P1(Oc2cc(F)ccc2F)OCCCO1. The van der Waals surface area contributed by atoms with Crippen LogP contribution in [0.1, 0.15) is 6.42 Å². The van der Waals surface area contributed by atoms with Crippen molar-refractivity contribution < 1.29 is 26.9 Å². The molecule has 1 aromatic rings. The first kappa shape index (κ1) is 11.5. The minimum Gasteiger partial charge on any atom is -0.401 e. The van der Waals surface area contributed by atoms with E-state index in [1.165, 1.54) is 0 Å². The lowest BCUT2D eigenvalue weighted by Crippen LogP contribution is -2.12. The molecule has 0 aromatic heterocycles. The lowest BCUT2D eigenvalue weighted by Gasteiger charge is -2.22. The Hall–Kier alpha value is -0.970. The van der Waals surface area contributed by atoms with Gasteiger partial charge >= 0.3 is 7.82 Å². The Morgan fingerprint density at radius 1 is 1.25 bits per heavy atom. The molecule has 2 rings (SSSR count). The molecule has 0 saturated carbocycles. The molecule has 4 nitrogen and oxygen atoms in total. The van der Waals surface area contributed by atoms with Crippen LogP contribution in [0.3, 0.4) is 0 Å². The molecule has 0 bridgehead atoms. The second kappa shape index (κ2) is 4.49. The first-order chi connectivity index (χ1) is 7.59. The van der Waals surface area contributed by atoms with Gasteiger partial charge in [0.1, 0.15) is 5.82 Å². The molecule has 1 saturated heterocycles. The van der Waals surface area contributed by atoms with Crippen molar-refractivity contribution in [2.24, 2.45) is 0 Å². The van der Waals surface area contributed by atoms with Gasteiger partial charge in [0, 0.05) is 6.07 Å². The summed E-state index contributed by atoms with van der Waals surface area (Å²) < 4.78 is 52.0. The smallest absolute Gasteiger partial charge is 0.401 e. The summed E-state index contributed by atoms with van der Waals surface area (Å²) in [7, 11) is -3.79. The standard InChI is InChI=1S/C9H9F2O4P/c10-7-2-3-8(11)9(6-7)15-16(12)13-4-1-5-14-16/h2-3,6H,1,4-5H2. The van der Waals surface area contributed by atoms with E-state index >= 15 is 0 Å². The van der Waals surface area contributed by atoms with E-state index in [0.717, 1.165) is 18.2 Å². The van der Waals surface area contributed by atoms with Gasteiger partial charge in [-0.1, -0.05) is 0 Å². The van der Waals surface area contributed by atoms with Crippen LogP contribution in [-0.4, -0.2) is 13.2 Å². The van der Waals surface area contributed by atoms with Crippen LogP contribution in [0, 0.1) is 11.6 Å². The van der Waals surface area contributed by atoms with Gasteiger partial charge in [-0.2, -0.15) is 0 Å². The molecule has 0 amide bonds. The van der Waals surface area contributed by atoms with Crippen molar-refractivity contribution >= 4 is 7.82 Å². The minimum absolute atomic E-state index is 0.203. The molecule has 1 aliphatic heterocycles. The van der Waals surface area contributed by atoms with Crippen LogP contribution in [0.4, 0.5) is 8.78 Å². The van der Waals surface area contributed by atoms with Gasteiger partial charge in [0.15, 0.2) is 11.6 Å². The Kier molecular flexibility index (Phi) is 3.23. The van der Waals surface area contributed by atoms with Crippen LogP contribution < -0.4 is 4.52 Å². The lowest BCUT2D eigenvalue weighted by atomic mass is 10.3. The average Bonchev–Trinajstić information content (AvgIpc) is 2.24. The number of benzene rings is 1. The molecule has 1 aromatic carbocycles. The van der Waals surface area contributed by atoms with Crippen molar-refractivity contribution in [3.05, 3.63) is 29.8 Å².